The summed E-state index contributed by atoms with van der Waals surface area (Å²) in [5, 5.41) is 7.25. The number of hydrogen-bond donors (Lipinski definition) is 0. The molecule has 1 heterocycles. The fraction of sp³-hybridized carbons (Fsp3) is 0.308. The molecule has 10 heteroatoms. The van der Waals surface area contributed by atoms with E-state index in [1.54, 1.807) is 6.92 Å². The van der Waals surface area contributed by atoms with E-state index >= 15 is 0 Å². The van der Waals surface area contributed by atoms with Crippen LogP contribution in [0, 0.1) is 6.92 Å². The third-order valence-corrected chi connectivity index (χ3v) is 3.37. The molecule has 0 saturated heterocycles. The second kappa shape index (κ2) is 6.37. The van der Waals surface area contributed by atoms with Crippen molar-refractivity contribution >= 4 is 29.2 Å². The SMILES string of the molecule is CCOC(=O)c1nn(-c2c(Cl)cc(C(F)(F)F)cc2Cl)nc1C. The Bertz CT molecular complexity index is 736. The Morgan fingerprint density at radius 2 is 1.83 bits per heavy atom. The highest BCUT2D eigenvalue weighted by Gasteiger charge is 2.32. The first-order valence-corrected chi connectivity index (χ1v) is 7.08. The van der Waals surface area contributed by atoms with E-state index in [4.69, 9.17) is 27.9 Å². The third kappa shape index (κ3) is 3.59. The van der Waals surface area contributed by atoms with Gasteiger partial charge in [0, 0.05) is 0 Å². The van der Waals surface area contributed by atoms with E-state index in [0.717, 1.165) is 4.80 Å². The van der Waals surface area contributed by atoms with Crippen LogP contribution in [0.25, 0.3) is 5.69 Å². The number of esters is 1. The Morgan fingerprint density at radius 3 is 2.30 bits per heavy atom. The van der Waals surface area contributed by atoms with Gasteiger partial charge in [-0.1, -0.05) is 23.2 Å². The molecule has 2 aromatic rings. The first-order valence-electron chi connectivity index (χ1n) is 6.32. The van der Waals surface area contributed by atoms with Gasteiger partial charge < -0.3 is 4.74 Å². The van der Waals surface area contributed by atoms with E-state index < -0.39 is 17.7 Å². The summed E-state index contributed by atoms with van der Waals surface area (Å²) < 4.78 is 43.0. The maximum Gasteiger partial charge on any atom is 0.416 e. The first kappa shape index (κ1) is 17.6. The minimum absolute atomic E-state index is 0.0556. The molecule has 0 spiro atoms. The van der Waals surface area contributed by atoms with Crippen molar-refractivity contribution in [3.63, 3.8) is 0 Å². The lowest BCUT2D eigenvalue weighted by atomic mass is 10.2. The minimum Gasteiger partial charge on any atom is -0.461 e. The number of carbonyl (C=O) groups is 1. The van der Waals surface area contributed by atoms with Gasteiger partial charge in [0.15, 0.2) is 5.69 Å². The second-order valence-electron chi connectivity index (χ2n) is 4.43. The van der Waals surface area contributed by atoms with Crippen LogP contribution in [-0.4, -0.2) is 27.6 Å². The molecule has 0 aliphatic carbocycles. The molecule has 0 unspecified atom stereocenters. The molecule has 0 N–H and O–H groups in total. The molecule has 0 aliphatic heterocycles. The summed E-state index contributed by atoms with van der Waals surface area (Å²) >= 11 is 11.8. The molecule has 0 bridgehead atoms. The number of aromatic nitrogens is 3. The molecule has 0 amide bonds. The summed E-state index contributed by atoms with van der Waals surface area (Å²) in [5.41, 5.74) is -0.889. The van der Waals surface area contributed by atoms with Crippen molar-refractivity contribution < 1.29 is 22.7 Å². The van der Waals surface area contributed by atoms with E-state index in [2.05, 4.69) is 10.2 Å². The second-order valence-corrected chi connectivity index (χ2v) is 5.24. The van der Waals surface area contributed by atoms with E-state index in [1.165, 1.54) is 6.92 Å². The molecule has 23 heavy (non-hydrogen) atoms. The first-order chi connectivity index (χ1) is 10.6. The molecule has 0 radical (unpaired) electrons. The molecule has 0 saturated carbocycles. The van der Waals surface area contributed by atoms with Gasteiger partial charge in [-0.2, -0.15) is 18.3 Å². The molecular formula is C13H10Cl2F3N3O2. The summed E-state index contributed by atoms with van der Waals surface area (Å²) in [6.45, 7) is 3.27. The maximum atomic E-state index is 12.7. The van der Waals surface area contributed by atoms with Crippen LogP contribution in [0.3, 0.4) is 0 Å². The molecule has 0 fully saturated rings. The van der Waals surface area contributed by atoms with Crippen LogP contribution in [0.4, 0.5) is 13.2 Å². The number of rotatable bonds is 3. The standard InChI is InChI=1S/C13H10Cl2F3N3O2/c1-3-23-12(22)10-6(2)19-21(20-10)11-8(14)4-7(5-9(11)15)13(16,17)18/h4-5H,3H2,1-2H3. The molecule has 0 aliphatic rings. The quantitative estimate of drug-likeness (QED) is 0.767. The van der Waals surface area contributed by atoms with E-state index in [1.807, 2.05) is 0 Å². The zero-order valence-corrected chi connectivity index (χ0v) is 13.4. The lowest BCUT2D eigenvalue weighted by Gasteiger charge is -2.11. The van der Waals surface area contributed by atoms with Gasteiger partial charge in [0.2, 0.25) is 0 Å². The lowest BCUT2D eigenvalue weighted by molar-refractivity contribution is -0.137. The Morgan fingerprint density at radius 1 is 1.26 bits per heavy atom. The average molecular weight is 368 g/mol. The summed E-state index contributed by atoms with van der Waals surface area (Å²) in [6, 6.07) is 1.43. The van der Waals surface area contributed by atoms with E-state index in [0.29, 0.717) is 12.1 Å². The zero-order valence-electron chi connectivity index (χ0n) is 11.9. The van der Waals surface area contributed by atoms with Crippen LogP contribution in [-0.2, 0) is 10.9 Å². The summed E-state index contributed by atoms with van der Waals surface area (Å²) in [7, 11) is 0. The van der Waals surface area contributed by atoms with Crippen LogP contribution in [0.15, 0.2) is 12.1 Å². The smallest absolute Gasteiger partial charge is 0.416 e. The van der Waals surface area contributed by atoms with E-state index in [-0.39, 0.29) is 33.7 Å². The van der Waals surface area contributed by atoms with Crippen molar-refractivity contribution in [1.29, 1.82) is 0 Å². The van der Waals surface area contributed by atoms with Crippen LogP contribution >= 0.6 is 23.2 Å². The average Bonchev–Trinajstić information content (AvgIpc) is 2.79. The predicted molar refractivity (Wildman–Crippen MR) is 77.1 cm³/mol. The zero-order chi connectivity index (χ0) is 17.4. The van der Waals surface area contributed by atoms with Crippen molar-refractivity contribution in [1.82, 2.24) is 15.0 Å². The van der Waals surface area contributed by atoms with E-state index in [9.17, 15) is 18.0 Å². The maximum absolute atomic E-state index is 12.7. The van der Waals surface area contributed by atoms with Gasteiger partial charge in [-0.3, -0.25) is 0 Å². The summed E-state index contributed by atoms with van der Waals surface area (Å²) in [5.74, 6) is -0.699. The molecule has 0 atom stereocenters. The highest BCUT2D eigenvalue weighted by Crippen LogP contribution is 2.37. The van der Waals surface area contributed by atoms with Gasteiger partial charge >= 0.3 is 12.1 Å². The van der Waals surface area contributed by atoms with Crippen LogP contribution in [0.5, 0.6) is 0 Å². The van der Waals surface area contributed by atoms with Gasteiger partial charge in [-0.25, -0.2) is 4.79 Å². The predicted octanol–water partition coefficient (Wildman–Crippen LogP) is 4.08. The van der Waals surface area contributed by atoms with Gasteiger partial charge in [-0.05, 0) is 26.0 Å². The number of ether oxygens (including phenoxy) is 1. The lowest BCUT2D eigenvalue weighted by Crippen LogP contribution is -2.09. The number of alkyl halides is 3. The Balaban J connectivity index is 2.51. The molecule has 5 nitrogen and oxygen atoms in total. The van der Waals surface area contributed by atoms with Crippen molar-refractivity contribution in [3.8, 4) is 5.69 Å². The monoisotopic (exact) mass is 367 g/mol. The van der Waals surface area contributed by atoms with Crippen molar-refractivity contribution in [2.24, 2.45) is 0 Å². The van der Waals surface area contributed by atoms with Crippen LogP contribution < -0.4 is 0 Å². The number of aryl methyl sites for hydroxylation is 1. The molecule has 124 valence electrons. The highest BCUT2D eigenvalue weighted by molar-refractivity contribution is 6.37. The molecule has 1 aromatic heterocycles. The van der Waals surface area contributed by atoms with Crippen molar-refractivity contribution in [2.75, 3.05) is 6.61 Å². The number of halogens is 5. The fourth-order valence-corrected chi connectivity index (χ4v) is 2.43. The Hall–Kier alpha value is -1.80. The number of benzene rings is 1. The van der Waals surface area contributed by atoms with Crippen LogP contribution in [0.1, 0.15) is 28.7 Å². The normalized spacial score (nSPS) is 11.6. The van der Waals surface area contributed by atoms with Crippen LogP contribution in [0.2, 0.25) is 10.0 Å². The Labute approximate surface area is 138 Å². The third-order valence-electron chi connectivity index (χ3n) is 2.80. The van der Waals surface area contributed by atoms with Crippen molar-refractivity contribution in [3.05, 3.63) is 39.1 Å². The van der Waals surface area contributed by atoms with Gasteiger partial charge in [0.1, 0.15) is 5.69 Å². The number of nitrogens with zero attached hydrogens (tertiary/aromatic N) is 3. The highest BCUT2D eigenvalue weighted by atomic mass is 35.5. The fourth-order valence-electron chi connectivity index (χ4n) is 1.79. The molecule has 2 rings (SSSR count). The van der Waals surface area contributed by atoms with Crippen molar-refractivity contribution in [2.45, 2.75) is 20.0 Å². The Kier molecular flexibility index (Phi) is 4.86. The number of hydrogen-bond acceptors (Lipinski definition) is 4. The largest absolute Gasteiger partial charge is 0.461 e. The van der Waals surface area contributed by atoms with Gasteiger partial charge in [-0.15, -0.1) is 9.90 Å². The number of carbonyl (C=O) groups excluding carboxylic acids is 1. The molecule has 1 aromatic carbocycles. The molecular weight excluding hydrogens is 358 g/mol. The topological polar surface area (TPSA) is 57.0 Å². The van der Waals surface area contributed by atoms with Gasteiger partial charge in [0.05, 0.1) is 27.9 Å². The summed E-state index contributed by atoms with van der Waals surface area (Å²) in [4.78, 5) is 12.6. The summed E-state index contributed by atoms with van der Waals surface area (Å²) in [6.07, 6.45) is -4.59. The minimum atomic E-state index is -4.59. The van der Waals surface area contributed by atoms with Gasteiger partial charge in [0.25, 0.3) is 0 Å².